The maximum absolute atomic E-state index is 11.5. The van der Waals surface area contributed by atoms with E-state index < -0.39 is 5.54 Å². The van der Waals surface area contributed by atoms with Crippen LogP contribution in [-0.4, -0.2) is 38.6 Å². The molecule has 0 aromatic carbocycles. The maximum Gasteiger partial charge on any atom is 0.273 e. The van der Waals surface area contributed by atoms with Gasteiger partial charge in [-0.2, -0.15) is 15.4 Å². The molecule has 6 heteroatoms. The SMILES string of the molecule is CC(C)(CCO)NC(=O)c1cn[nH]n1. The van der Waals surface area contributed by atoms with Crippen molar-refractivity contribution in [2.75, 3.05) is 6.61 Å². The van der Waals surface area contributed by atoms with Crippen molar-refractivity contribution in [2.45, 2.75) is 25.8 Å². The number of aromatic nitrogens is 3. The molecule has 0 radical (unpaired) electrons. The van der Waals surface area contributed by atoms with Gasteiger partial charge in [-0.15, -0.1) is 0 Å². The number of hydrogen-bond donors (Lipinski definition) is 3. The first-order chi connectivity index (χ1) is 6.55. The second-order valence-electron chi connectivity index (χ2n) is 3.67. The molecule has 0 aliphatic rings. The number of carbonyl (C=O) groups is 1. The number of hydrogen-bond acceptors (Lipinski definition) is 4. The molecule has 1 heterocycles. The number of rotatable bonds is 4. The van der Waals surface area contributed by atoms with Crippen molar-refractivity contribution < 1.29 is 9.90 Å². The molecule has 1 rings (SSSR count). The number of nitrogens with one attached hydrogen (secondary N) is 2. The van der Waals surface area contributed by atoms with Crippen LogP contribution in [0.4, 0.5) is 0 Å². The smallest absolute Gasteiger partial charge is 0.273 e. The number of aliphatic hydroxyl groups is 1. The number of carbonyl (C=O) groups excluding carboxylic acids is 1. The molecule has 0 spiro atoms. The third-order valence-corrected chi connectivity index (χ3v) is 1.84. The number of H-pyrrole nitrogens is 1. The molecule has 0 saturated heterocycles. The summed E-state index contributed by atoms with van der Waals surface area (Å²) < 4.78 is 0. The van der Waals surface area contributed by atoms with Gasteiger partial charge in [-0.3, -0.25) is 4.79 Å². The summed E-state index contributed by atoms with van der Waals surface area (Å²) in [6.07, 6.45) is 1.85. The summed E-state index contributed by atoms with van der Waals surface area (Å²) in [5.41, 5.74) is -0.193. The molecule has 0 saturated carbocycles. The molecule has 0 atom stereocenters. The minimum atomic E-state index is -0.440. The lowest BCUT2D eigenvalue weighted by Crippen LogP contribution is -2.44. The summed E-state index contributed by atoms with van der Waals surface area (Å²) in [5.74, 6) is -0.294. The van der Waals surface area contributed by atoms with Crippen molar-refractivity contribution in [1.29, 1.82) is 0 Å². The van der Waals surface area contributed by atoms with E-state index in [1.807, 2.05) is 13.8 Å². The highest BCUT2D eigenvalue weighted by molar-refractivity contribution is 5.92. The molecule has 1 aromatic rings. The molecule has 0 unspecified atom stereocenters. The van der Waals surface area contributed by atoms with E-state index in [0.29, 0.717) is 6.42 Å². The van der Waals surface area contributed by atoms with Gasteiger partial charge in [-0.05, 0) is 20.3 Å². The van der Waals surface area contributed by atoms with Crippen molar-refractivity contribution in [2.24, 2.45) is 0 Å². The first-order valence-electron chi connectivity index (χ1n) is 4.34. The molecule has 78 valence electrons. The van der Waals surface area contributed by atoms with Crippen LogP contribution in [0.15, 0.2) is 6.20 Å². The van der Waals surface area contributed by atoms with E-state index >= 15 is 0 Å². The minimum absolute atomic E-state index is 0.0338. The van der Waals surface area contributed by atoms with Gasteiger partial charge in [0.1, 0.15) is 0 Å². The second-order valence-corrected chi connectivity index (χ2v) is 3.67. The van der Waals surface area contributed by atoms with Crippen LogP contribution >= 0.6 is 0 Å². The zero-order chi connectivity index (χ0) is 10.6. The molecule has 0 fully saturated rings. The number of amides is 1. The molecule has 0 aliphatic heterocycles. The fraction of sp³-hybridized carbons (Fsp3) is 0.625. The Kier molecular flexibility index (Phi) is 3.19. The van der Waals surface area contributed by atoms with Gasteiger partial charge in [0.05, 0.1) is 6.20 Å². The fourth-order valence-electron chi connectivity index (χ4n) is 1.02. The molecule has 0 bridgehead atoms. The Bertz CT molecular complexity index is 294. The summed E-state index contributed by atoms with van der Waals surface area (Å²) in [6, 6.07) is 0. The molecule has 3 N–H and O–H groups in total. The van der Waals surface area contributed by atoms with Crippen molar-refractivity contribution in [3.63, 3.8) is 0 Å². The van der Waals surface area contributed by atoms with E-state index in [1.54, 1.807) is 0 Å². The summed E-state index contributed by atoms with van der Waals surface area (Å²) in [7, 11) is 0. The zero-order valence-electron chi connectivity index (χ0n) is 8.24. The average molecular weight is 198 g/mol. The summed E-state index contributed by atoms with van der Waals surface area (Å²) in [5, 5.41) is 21.0. The van der Waals surface area contributed by atoms with Gasteiger partial charge >= 0.3 is 0 Å². The van der Waals surface area contributed by atoms with Crippen molar-refractivity contribution in [3.8, 4) is 0 Å². The third-order valence-electron chi connectivity index (χ3n) is 1.84. The predicted octanol–water partition coefficient (Wildman–Crippen LogP) is -0.305. The lowest BCUT2D eigenvalue weighted by Gasteiger charge is -2.24. The fourth-order valence-corrected chi connectivity index (χ4v) is 1.02. The first-order valence-corrected chi connectivity index (χ1v) is 4.34. The Morgan fingerprint density at radius 1 is 1.71 bits per heavy atom. The van der Waals surface area contributed by atoms with E-state index in [1.165, 1.54) is 6.20 Å². The number of nitrogens with zero attached hydrogens (tertiary/aromatic N) is 2. The lowest BCUT2D eigenvalue weighted by atomic mass is 10.0. The first kappa shape index (κ1) is 10.6. The van der Waals surface area contributed by atoms with Crippen molar-refractivity contribution in [1.82, 2.24) is 20.7 Å². The topological polar surface area (TPSA) is 90.9 Å². The molecular weight excluding hydrogens is 184 g/mol. The summed E-state index contributed by atoms with van der Waals surface area (Å²) in [6.45, 7) is 3.70. The third kappa shape index (κ3) is 2.81. The van der Waals surface area contributed by atoms with Crippen LogP contribution in [0.25, 0.3) is 0 Å². The Morgan fingerprint density at radius 2 is 2.43 bits per heavy atom. The summed E-state index contributed by atoms with van der Waals surface area (Å²) >= 11 is 0. The van der Waals surface area contributed by atoms with Gasteiger partial charge in [-0.1, -0.05) is 0 Å². The van der Waals surface area contributed by atoms with Crippen LogP contribution in [0.5, 0.6) is 0 Å². The lowest BCUT2D eigenvalue weighted by molar-refractivity contribution is 0.0894. The van der Waals surface area contributed by atoms with Crippen molar-refractivity contribution in [3.05, 3.63) is 11.9 Å². The standard InChI is InChI=1S/C8H14N4O2/c1-8(2,3-4-13)10-7(14)6-5-9-12-11-6/h5,13H,3-4H2,1-2H3,(H,10,14)(H,9,11,12). The monoisotopic (exact) mass is 198 g/mol. The van der Waals surface area contributed by atoms with E-state index in [0.717, 1.165) is 0 Å². The second kappa shape index (κ2) is 4.19. The number of aromatic amines is 1. The Balaban J connectivity index is 2.57. The van der Waals surface area contributed by atoms with E-state index in [9.17, 15) is 4.79 Å². The highest BCUT2D eigenvalue weighted by atomic mass is 16.3. The van der Waals surface area contributed by atoms with Gasteiger partial charge in [0, 0.05) is 12.1 Å². The predicted molar refractivity (Wildman–Crippen MR) is 49.6 cm³/mol. The quantitative estimate of drug-likeness (QED) is 0.619. The Labute approximate surface area is 81.7 Å². The van der Waals surface area contributed by atoms with Gasteiger partial charge in [-0.25, -0.2) is 0 Å². The Morgan fingerprint density at radius 3 is 2.93 bits per heavy atom. The van der Waals surface area contributed by atoms with Crippen LogP contribution in [0.1, 0.15) is 30.8 Å². The highest BCUT2D eigenvalue weighted by Crippen LogP contribution is 2.07. The highest BCUT2D eigenvalue weighted by Gasteiger charge is 2.21. The maximum atomic E-state index is 11.5. The van der Waals surface area contributed by atoms with Gasteiger partial charge in [0.15, 0.2) is 5.69 Å². The minimum Gasteiger partial charge on any atom is -0.396 e. The summed E-state index contributed by atoms with van der Waals surface area (Å²) in [4.78, 5) is 11.5. The average Bonchev–Trinajstić information content (AvgIpc) is 2.53. The van der Waals surface area contributed by atoms with Gasteiger partial charge in [0.25, 0.3) is 5.91 Å². The van der Waals surface area contributed by atoms with Gasteiger partial charge in [0.2, 0.25) is 0 Å². The normalized spacial score (nSPS) is 11.4. The molecule has 6 nitrogen and oxygen atoms in total. The van der Waals surface area contributed by atoms with E-state index in [-0.39, 0.29) is 18.2 Å². The molecular formula is C8H14N4O2. The van der Waals surface area contributed by atoms with Crippen LogP contribution in [0.2, 0.25) is 0 Å². The Hall–Kier alpha value is -1.43. The number of aliphatic hydroxyl groups excluding tert-OH is 1. The molecule has 14 heavy (non-hydrogen) atoms. The van der Waals surface area contributed by atoms with Crippen LogP contribution in [0, 0.1) is 0 Å². The zero-order valence-corrected chi connectivity index (χ0v) is 8.24. The van der Waals surface area contributed by atoms with E-state index in [2.05, 4.69) is 20.7 Å². The molecule has 1 amide bonds. The van der Waals surface area contributed by atoms with Crippen LogP contribution in [-0.2, 0) is 0 Å². The van der Waals surface area contributed by atoms with Crippen LogP contribution in [0.3, 0.4) is 0 Å². The molecule has 1 aromatic heterocycles. The molecule has 0 aliphatic carbocycles. The van der Waals surface area contributed by atoms with E-state index in [4.69, 9.17) is 5.11 Å². The van der Waals surface area contributed by atoms with Crippen molar-refractivity contribution >= 4 is 5.91 Å². The van der Waals surface area contributed by atoms with Crippen LogP contribution < -0.4 is 5.32 Å². The largest absolute Gasteiger partial charge is 0.396 e. The van der Waals surface area contributed by atoms with Gasteiger partial charge < -0.3 is 10.4 Å².